The van der Waals surface area contributed by atoms with Crippen LogP contribution in [0.3, 0.4) is 0 Å². The maximum Gasteiger partial charge on any atom is 0.221 e. The molecule has 2 fully saturated rings. The predicted molar refractivity (Wildman–Crippen MR) is 66.1 cm³/mol. The summed E-state index contributed by atoms with van der Waals surface area (Å²) in [6.07, 6.45) is 0.708. The number of rotatable bonds is 1. The Morgan fingerprint density at radius 1 is 1.24 bits per heavy atom. The third-order valence-corrected chi connectivity index (χ3v) is 5.96. The van der Waals surface area contributed by atoms with Crippen molar-refractivity contribution in [2.75, 3.05) is 19.6 Å². The molecule has 0 spiro atoms. The average Bonchev–Trinajstić information content (AvgIpc) is 2.63. The topological polar surface area (TPSA) is 49.4 Å². The van der Waals surface area contributed by atoms with Crippen LogP contribution in [0.2, 0.25) is 0 Å². The summed E-state index contributed by atoms with van der Waals surface area (Å²) in [7, 11) is -3.15. The van der Waals surface area contributed by atoms with Gasteiger partial charge < -0.3 is 5.32 Å². The van der Waals surface area contributed by atoms with Crippen LogP contribution in [0.4, 0.5) is 0 Å². The Morgan fingerprint density at radius 3 is 2.71 bits per heavy atom. The molecule has 2 aliphatic rings. The van der Waals surface area contributed by atoms with Gasteiger partial charge >= 0.3 is 0 Å². The maximum atomic E-state index is 12.4. The molecule has 2 atom stereocenters. The Morgan fingerprint density at radius 2 is 2.00 bits per heavy atom. The molecule has 1 aromatic carbocycles. The van der Waals surface area contributed by atoms with E-state index in [0.717, 1.165) is 18.7 Å². The fourth-order valence-corrected chi connectivity index (χ4v) is 5.00. The van der Waals surface area contributed by atoms with Crippen molar-refractivity contribution in [1.82, 2.24) is 9.62 Å². The fraction of sp³-hybridized carbons (Fsp3) is 0.500. The first-order chi connectivity index (χ1) is 8.19. The van der Waals surface area contributed by atoms with E-state index in [1.54, 1.807) is 4.31 Å². The van der Waals surface area contributed by atoms with E-state index in [4.69, 9.17) is 0 Å². The first kappa shape index (κ1) is 11.2. The summed E-state index contributed by atoms with van der Waals surface area (Å²) in [5.74, 6) is 0. The molecule has 0 saturated carbocycles. The van der Waals surface area contributed by atoms with Crippen molar-refractivity contribution in [2.45, 2.75) is 17.7 Å². The minimum atomic E-state index is -3.15. The van der Waals surface area contributed by atoms with E-state index in [1.807, 2.05) is 30.3 Å². The van der Waals surface area contributed by atoms with Crippen molar-refractivity contribution < 1.29 is 8.42 Å². The van der Waals surface area contributed by atoms with Gasteiger partial charge in [-0.05, 0) is 12.0 Å². The smallest absolute Gasteiger partial charge is 0.221 e. The zero-order valence-electron chi connectivity index (χ0n) is 9.54. The lowest BCUT2D eigenvalue weighted by Gasteiger charge is -2.28. The number of fused-ring (bicyclic) bond motifs is 1. The van der Waals surface area contributed by atoms with Crippen LogP contribution in [0, 0.1) is 0 Å². The summed E-state index contributed by atoms with van der Waals surface area (Å²) < 4.78 is 26.5. The van der Waals surface area contributed by atoms with Gasteiger partial charge in [0.15, 0.2) is 0 Å². The Kier molecular flexibility index (Phi) is 2.69. The van der Waals surface area contributed by atoms with E-state index in [1.165, 1.54) is 0 Å². The predicted octanol–water partition coefficient (Wildman–Crippen LogP) is 0.735. The maximum absolute atomic E-state index is 12.4. The van der Waals surface area contributed by atoms with Crippen molar-refractivity contribution in [3.63, 3.8) is 0 Å². The summed E-state index contributed by atoms with van der Waals surface area (Å²) in [6.45, 7) is 2.15. The third kappa shape index (κ3) is 1.78. The molecule has 2 heterocycles. The van der Waals surface area contributed by atoms with Gasteiger partial charge in [-0.25, -0.2) is 8.42 Å². The summed E-state index contributed by atoms with van der Waals surface area (Å²) in [5.41, 5.74) is 0.918. The molecule has 5 heteroatoms. The van der Waals surface area contributed by atoms with Crippen LogP contribution < -0.4 is 5.32 Å². The first-order valence-electron chi connectivity index (χ1n) is 5.96. The van der Waals surface area contributed by atoms with Crippen molar-refractivity contribution in [3.8, 4) is 0 Å². The highest BCUT2D eigenvalue weighted by Gasteiger charge is 2.46. The molecule has 4 nitrogen and oxygen atoms in total. The number of nitrogens with zero attached hydrogens (tertiary/aromatic N) is 1. The number of hydrogen-bond donors (Lipinski definition) is 1. The summed E-state index contributed by atoms with van der Waals surface area (Å²) in [5, 5.41) is 2.91. The average molecular weight is 252 g/mol. The standard InChI is InChI=1S/C12H16N2O2S/c15-17(16)12(10-4-2-1-3-5-10)8-11-9-13-6-7-14(11)17/h1-5,11-13H,6-9H2. The molecule has 1 N–H and O–H groups in total. The van der Waals surface area contributed by atoms with Crippen LogP contribution in [0.5, 0.6) is 0 Å². The molecule has 3 rings (SSSR count). The lowest BCUT2D eigenvalue weighted by Crippen LogP contribution is -2.49. The quantitative estimate of drug-likeness (QED) is 0.802. The van der Waals surface area contributed by atoms with Gasteiger partial charge in [0.1, 0.15) is 5.25 Å². The highest BCUT2D eigenvalue weighted by Crippen LogP contribution is 2.39. The molecule has 2 aliphatic heterocycles. The van der Waals surface area contributed by atoms with Crippen LogP contribution in [0.25, 0.3) is 0 Å². The summed E-state index contributed by atoms with van der Waals surface area (Å²) in [4.78, 5) is 0. The number of nitrogens with one attached hydrogen (secondary N) is 1. The molecule has 92 valence electrons. The highest BCUT2D eigenvalue weighted by atomic mass is 32.2. The second-order valence-corrected chi connectivity index (χ2v) is 6.72. The lowest BCUT2D eigenvalue weighted by molar-refractivity contribution is 0.285. The zero-order valence-corrected chi connectivity index (χ0v) is 10.4. The van der Waals surface area contributed by atoms with Gasteiger partial charge in [-0.1, -0.05) is 30.3 Å². The normalized spacial score (nSPS) is 32.2. The lowest BCUT2D eigenvalue weighted by atomic mass is 10.0. The second kappa shape index (κ2) is 4.08. The van der Waals surface area contributed by atoms with E-state index in [-0.39, 0.29) is 11.3 Å². The van der Waals surface area contributed by atoms with Crippen molar-refractivity contribution >= 4 is 10.0 Å². The largest absolute Gasteiger partial charge is 0.314 e. The fourth-order valence-electron chi connectivity index (χ4n) is 2.79. The van der Waals surface area contributed by atoms with Crippen LogP contribution in [0.1, 0.15) is 17.2 Å². The second-order valence-electron chi connectivity index (χ2n) is 4.65. The van der Waals surface area contributed by atoms with Gasteiger partial charge in [-0.3, -0.25) is 0 Å². The first-order valence-corrected chi connectivity index (χ1v) is 7.46. The van der Waals surface area contributed by atoms with E-state index in [0.29, 0.717) is 13.0 Å². The molecule has 0 radical (unpaired) electrons. The number of sulfonamides is 1. The Bertz CT molecular complexity index is 500. The van der Waals surface area contributed by atoms with Crippen LogP contribution >= 0.6 is 0 Å². The number of hydrogen-bond acceptors (Lipinski definition) is 3. The molecule has 1 aromatic rings. The van der Waals surface area contributed by atoms with E-state index in [9.17, 15) is 8.42 Å². The monoisotopic (exact) mass is 252 g/mol. The Balaban J connectivity index is 1.97. The van der Waals surface area contributed by atoms with E-state index < -0.39 is 10.0 Å². The van der Waals surface area contributed by atoms with Crippen molar-refractivity contribution in [3.05, 3.63) is 35.9 Å². The molecular formula is C12H16N2O2S. The molecule has 0 aromatic heterocycles. The number of piperazine rings is 1. The van der Waals surface area contributed by atoms with Gasteiger partial charge in [-0.15, -0.1) is 0 Å². The molecule has 0 amide bonds. The minimum absolute atomic E-state index is 0.138. The molecule has 0 aliphatic carbocycles. The van der Waals surface area contributed by atoms with Crippen molar-refractivity contribution in [2.24, 2.45) is 0 Å². The molecule has 2 saturated heterocycles. The molecule has 0 bridgehead atoms. The van der Waals surface area contributed by atoms with Crippen LogP contribution in [-0.2, 0) is 10.0 Å². The van der Waals surface area contributed by atoms with Crippen LogP contribution in [0.15, 0.2) is 30.3 Å². The summed E-state index contributed by atoms with van der Waals surface area (Å²) >= 11 is 0. The van der Waals surface area contributed by atoms with E-state index in [2.05, 4.69) is 5.32 Å². The van der Waals surface area contributed by atoms with Crippen molar-refractivity contribution in [1.29, 1.82) is 0 Å². The molecule has 17 heavy (non-hydrogen) atoms. The van der Waals surface area contributed by atoms with Crippen LogP contribution in [-0.4, -0.2) is 38.4 Å². The Labute approximate surface area is 102 Å². The van der Waals surface area contributed by atoms with Gasteiger partial charge in [0.2, 0.25) is 10.0 Å². The number of benzene rings is 1. The van der Waals surface area contributed by atoms with E-state index >= 15 is 0 Å². The van der Waals surface area contributed by atoms with Gasteiger partial charge in [0, 0.05) is 25.7 Å². The minimum Gasteiger partial charge on any atom is -0.314 e. The molecule has 2 unspecified atom stereocenters. The van der Waals surface area contributed by atoms with Gasteiger partial charge in [-0.2, -0.15) is 4.31 Å². The zero-order chi connectivity index (χ0) is 11.9. The molecular weight excluding hydrogens is 236 g/mol. The SMILES string of the molecule is O=S1(=O)C(c2ccccc2)CC2CNCCN21. The Hall–Kier alpha value is -0.910. The van der Waals surface area contributed by atoms with Gasteiger partial charge in [0.05, 0.1) is 0 Å². The third-order valence-electron chi connectivity index (χ3n) is 3.64. The highest BCUT2D eigenvalue weighted by molar-refractivity contribution is 7.89. The van der Waals surface area contributed by atoms with Gasteiger partial charge in [0.25, 0.3) is 0 Å². The summed E-state index contributed by atoms with van der Waals surface area (Å²) in [6, 6.07) is 9.68.